The number of nitrogens with zero attached hydrogens (tertiary/aromatic N) is 4. The third kappa shape index (κ3) is 3.70. The summed E-state index contributed by atoms with van der Waals surface area (Å²) in [5, 5.41) is 4.39. The maximum absolute atomic E-state index is 4.58. The molecule has 2 aromatic heterocycles. The van der Waals surface area contributed by atoms with Crippen molar-refractivity contribution in [3.63, 3.8) is 0 Å². The van der Waals surface area contributed by atoms with Crippen molar-refractivity contribution >= 4 is 0 Å². The smallest absolute Gasteiger partial charge is 0.0704 e. The highest BCUT2D eigenvalue weighted by atomic mass is 15.3. The summed E-state index contributed by atoms with van der Waals surface area (Å²) in [5.41, 5.74) is 6.26. The molecule has 0 radical (unpaired) electrons. The van der Waals surface area contributed by atoms with Gasteiger partial charge in [-0.05, 0) is 50.4 Å². The second-order valence-electron chi connectivity index (χ2n) is 7.27. The largest absolute Gasteiger partial charge is 0.298 e. The minimum Gasteiger partial charge on any atom is -0.298 e. The molecule has 0 saturated carbocycles. The van der Waals surface area contributed by atoms with Crippen LogP contribution in [0.5, 0.6) is 0 Å². The van der Waals surface area contributed by atoms with E-state index < -0.39 is 0 Å². The number of likely N-dealkylation sites (tertiary alicyclic amines) is 1. The van der Waals surface area contributed by atoms with E-state index in [-0.39, 0.29) is 0 Å². The van der Waals surface area contributed by atoms with Crippen LogP contribution in [0, 0.1) is 6.92 Å². The van der Waals surface area contributed by atoms with Gasteiger partial charge in [-0.2, -0.15) is 5.10 Å². The van der Waals surface area contributed by atoms with E-state index in [4.69, 9.17) is 0 Å². The Balaban J connectivity index is 1.45. The van der Waals surface area contributed by atoms with Crippen LogP contribution in [0.2, 0.25) is 0 Å². The number of hydrogen-bond acceptors (Lipinski definition) is 3. The summed E-state index contributed by atoms with van der Waals surface area (Å²) in [7, 11) is 0. The fourth-order valence-corrected chi connectivity index (χ4v) is 3.75. The van der Waals surface area contributed by atoms with E-state index in [9.17, 15) is 0 Å². The molecular formula is C22H26N4. The van der Waals surface area contributed by atoms with Crippen LogP contribution in [0.4, 0.5) is 0 Å². The summed E-state index contributed by atoms with van der Waals surface area (Å²) in [6.45, 7) is 8.41. The molecule has 1 aliphatic rings. The van der Waals surface area contributed by atoms with Crippen molar-refractivity contribution in [2.45, 2.75) is 39.3 Å². The van der Waals surface area contributed by atoms with Crippen molar-refractivity contribution in [1.29, 1.82) is 0 Å². The zero-order valence-electron chi connectivity index (χ0n) is 15.6. The number of pyridine rings is 1. The van der Waals surface area contributed by atoms with Crippen molar-refractivity contribution in [3.8, 4) is 11.3 Å². The predicted octanol–water partition coefficient (Wildman–Crippen LogP) is 4.26. The second-order valence-corrected chi connectivity index (χ2v) is 7.27. The highest BCUT2D eigenvalue weighted by Crippen LogP contribution is 2.30. The maximum Gasteiger partial charge on any atom is 0.0704 e. The predicted molar refractivity (Wildman–Crippen MR) is 105 cm³/mol. The molecule has 4 rings (SSSR count). The van der Waals surface area contributed by atoms with Gasteiger partial charge in [-0.1, -0.05) is 29.8 Å². The van der Waals surface area contributed by atoms with Crippen LogP contribution in [0.25, 0.3) is 11.3 Å². The average Bonchev–Trinajstić information content (AvgIpc) is 3.32. The summed E-state index contributed by atoms with van der Waals surface area (Å²) < 4.78 is 2.00. The van der Waals surface area contributed by atoms with Crippen LogP contribution < -0.4 is 0 Å². The molecule has 0 unspecified atom stereocenters. The van der Waals surface area contributed by atoms with Crippen LogP contribution in [0.1, 0.15) is 36.0 Å². The lowest BCUT2D eigenvalue weighted by atomic mass is 9.97. The molecule has 1 aliphatic heterocycles. The molecule has 4 nitrogen and oxygen atoms in total. The van der Waals surface area contributed by atoms with Gasteiger partial charge in [0, 0.05) is 43.2 Å². The Morgan fingerprint density at radius 3 is 2.77 bits per heavy atom. The first-order chi connectivity index (χ1) is 12.7. The molecule has 1 aromatic carbocycles. The van der Waals surface area contributed by atoms with Gasteiger partial charge in [0.1, 0.15) is 0 Å². The first-order valence-electron chi connectivity index (χ1n) is 9.48. The molecule has 4 heteroatoms. The molecule has 0 spiro atoms. The zero-order valence-corrected chi connectivity index (χ0v) is 15.6. The van der Waals surface area contributed by atoms with E-state index in [1.54, 1.807) is 0 Å². The Hall–Kier alpha value is -2.46. The molecule has 0 aliphatic carbocycles. The topological polar surface area (TPSA) is 34.0 Å². The first-order valence-corrected chi connectivity index (χ1v) is 9.48. The average molecular weight is 346 g/mol. The lowest BCUT2D eigenvalue weighted by molar-refractivity contribution is 0.326. The number of aromatic nitrogens is 3. The van der Waals surface area contributed by atoms with Gasteiger partial charge in [-0.25, -0.2) is 0 Å². The highest BCUT2D eigenvalue weighted by molar-refractivity contribution is 5.60. The van der Waals surface area contributed by atoms with Gasteiger partial charge in [0.15, 0.2) is 0 Å². The van der Waals surface area contributed by atoms with Crippen LogP contribution in [0.15, 0.2) is 55.0 Å². The third-order valence-electron chi connectivity index (χ3n) is 5.29. The number of hydrogen-bond donors (Lipinski definition) is 0. The van der Waals surface area contributed by atoms with E-state index in [0.717, 1.165) is 31.9 Å². The zero-order chi connectivity index (χ0) is 17.9. The van der Waals surface area contributed by atoms with Gasteiger partial charge in [0.05, 0.1) is 11.9 Å². The minimum absolute atomic E-state index is 0.586. The standard InChI is InChI=1S/C22H26N4/c1-3-26-15-18(13-24-26)14-25-11-9-21(16-25)20-8-10-23-22(12-20)19-6-4-17(2)5-7-19/h4-8,10,12-13,15,21H,3,9,11,14,16H2,1-2H3/t21-/m0/s1. The maximum atomic E-state index is 4.58. The number of benzene rings is 1. The fraction of sp³-hybridized carbons (Fsp3) is 0.364. The Bertz CT molecular complexity index is 866. The number of rotatable bonds is 5. The van der Waals surface area contributed by atoms with Crippen molar-refractivity contribution in [2.75, 3.05) is 13.1 Å². The van der Waals surface area contributed by atoms with Crippen molar-refractivity contribution < 1.29 is 0 Å². The molecule has 0 amide bonds. The van der Waals surface area contributed by atoms with E-state index in [0.29, 0.717) is 5.92 Å². The van der Waals surface area contributed by atoms with Crippen molar-refractivity contribution in [2.24, 2.45) is 0 Å². The Morgan fingerprint density at radius 1 is 1.15 bits per heavy atom. The van der Waals surface area contributed by atoms with Crippen LogP contribution in [-0.2, 0) is 13.1 Å². The van der Waals surface area contributed by atoms with Crippen LogP contribution >= 0.6 is 0 Å². The second kappa shape index (κ2) is 7.42. The molecule has 1 atom stereocenters. The molecule has 0 bridgehead atoms. The van der Waals surface area contributed by atoms with Gasteiger partial charge < -0.3 is 0 Å². The fourth-order valence-electron chi connectivity index (χ4n) is 3.75. The van der Waals surface area contributed by atoms with Gasteiger partial charge in [-0.15, -0.1) is 0 Å². The molecule has 3 heterocycles. The molecule has 0 N–H and O–H groups in total. The monoisotopic (exact) mass is 346 g/mol. The number of aryl methyl sites for hydroxylation is 2. The van der Waals surface area contributed by atoms with E-state index in [1.807, 2.05) is 17.1 Å². The molecule has 1 saturated heterocycles. The molecule has 26 heavy (non-hydrogen) atoms. The van der Waals surface area contributed by atoms with Crippen LogP contribution in [-0.4, -0.2) is 32.8 Å². The SMILES string of the molecule is CCn1cc(CN2CC[C@H](c3ccnc(-c4ccc(C)cc4)c3)C2)cn1. The van der Waals surface area contributed by atoms with E-state index in [1.165, 1.54) is 28.7 Å². The summed E-state index contributed by atoms with van der Waals surface area (Å²) in [6, 6.07) is 13.1. The lowest BCUT2D eigenvalue weighted by Gasteiger charge is -2.15. The molecule has 3 aromatic rings. The van der Waals surface area contributed by atoms with Crippen molar-refractivity contribution in [1.82, 2.24) is 19.7 Å². The van der Waals surface area contributed by atoms with Gasteiger partial charge >= 0.3 is 0 Å². The van der Waals surface area contributed by atoms with Crippen molar-refractivity contribution in [3.05, 3.63) is 71.7 Å². The Morgan fingerprint density at radius 2 is 2.00 bits per heavy atom. The van der Waals surface area contributed by atoms with Gasteiger partial charge in [0.2, 0.25) is 0 Å². The lowest BCUT2D eigenvalue weighted by Crippen LogP contribution is -2.19. The third-order valence-corrected chi connectivity index (χ3v) is 5.29. The van der Waals surface area contributed by atoms with E-state index >= 15 is 0 Å². The minimum atomic E-state index is 0.586. The van der Waals surface area contributed by atoms with E-state index in [2.05, 4.69) is 71.4 Å². The first kappa shape index (κ1) is 17.0. The summed E-state index contributed by atoms with van der Waals surface area (Å²) >= 11 is 0. The normalized spacial score (nSPS) is 17.7. The molecular weight excluding hydrogens is 320 g/mol. The van der Waals surface area contributed by atoms with Gasteiger partial charge in [-0.3, -0.25) is 14.6 Å². The quantitative estimate of drug-likeness (QED) is 0.692. The van der Waals surface area contributed by atoms with Gasteiger partial charge in [0.25, 0.3) is 0 Å². The highest BCUT2D eigenvalue weighted by Gasteiger charge is 2.24. The summed E-state index contributed by atoms with van der Waals surface area (Å²) in [6.07, 6.45) is 7.33. The molecule has 134 valence electrons. The summed E-state index contributed by atoms with van der Waals surface area (Å²) in [5.74, 6) is 0.586. The van der Waals surface area contributed by atoms with Crippen LogP contribution in [0.3, 0.4) is 0 Å². The molecule has 1 fully saturated rings. The Kier molecular flexibility index (Phi) is 4.85. The Labute approximate surface area is 155 Å². The summed E-state index contributed by atoms with van der Waals surface area (Å²) in [4.78, 5) is 7.12.